The maximum absolute atomic E-state index is 8.60. The molecule has 0 heterocycles. The van der Waals surface area contributed by atoms with Crippen LogP contribution in [0, 0.1) is 0 Å². The molecule has 0 aromatic heterocycles. The Kier molecular flexibility index (Phi) is 14.2. The van der Waals surface area contributed by atoms with Gasteiger partial charge in [-0.2, -0.15) is 0 Å². The van der Waals surface area contributed by atoms with Gasteiger partial charge in [0.15, 0.2) is 0 Å². The SMILES string of the molecule is CCC(C)(N)N(C)CCO.CN(C)CCOCCO. The molecule has 0 radical (unpaired) electrons. The summed E-state index contributed by atoms with van der Waals surface area (Å²) in [7, 11) is 5.89. The van der Waals surface area contributed by atoms with Crippen LogP contribution in [0.15, 0.2) is 0 Å². The lowest BCUT2D eigenvalue weighted by Crippen LogP contribution is -2.52. The second-order valence-corrected chi connectivity index (χ2v) is 5.00. The molecule has 0 aliphatic carbocycles. The lowest BCUT2D eigenvalue weighted by Gasteiger charge is -2.33. The van der Waals surface area contributed by atoms with E-state index in [0.29, 0.717) is 19.8 Å². The molecule has 0 bridgehead atoms. The van der Waals surface area contributed by atoms with Crippen LogP contribution in [0.25, 0.3) is 0 Å². The van der Waals surface area contributed by atoms with Crippen molar-refractivity contribution in [1.29, 1.82) is 0 Å². The standard InChI is InChI=1S/C7H18N2O.C6H15NO2/c1-4-7(2,8)9(3)5-6-10;1-7(2)3-5-9-6-4-8/h10H,4-6,8H2,1-3H3;8H,3-6H2,1-2H3. The van der Waals surface area contributed by atoms with E-state index in [9.17, 15) is 0 Å². The van der Waals surface area contributed by atoms with Gasteiger partial charge in [0.1, 0.15) is 0 Å². The van der Waals surface area contributed by atoms with Gasteiger partial charge in [-0.1, -0.05) is 6.92 Å². The summed E-state index contributed by atoms with van der Waals surface area (Å²) < 4.78 is 5.00. The van der Waals surface area contributed by atoms with E-state index < -0.39 is 0 Å². The molecule has 0 rings (SSSR count). The van der Waals surface area contributed by atoms with Crippen LogP contribution in [-0.2, 0) is 4.74 Å². The zero-order valence-electron chi connectivity index (χ0n) is 13.2. The van der Waals surface area contributed by atoms with Gasteiger partial charge in [0.25, 0.3) is 0 Å². The van der Waals surface area contributed by atoms with Gasteiger partial charge in [0, 0.05) is 13.1 Å². The van der Waals surface area contributed by atoms with Crippen LogP contribution in [0.1, 0.15) is 20.3 Å². The Balaban J connectivity index is 0. The van der Waals surface area contributed by atoms with Crippen LogP contribution in [-0.4, -0.2) is 86.3 Å². The Morgan fingerprint density at radius 1 is 1.05 bits per heavy atom. The van der Waals surface area contributed by atoms with Crippen molar-refractivity contribution in [1.82, 2.24) is 9.80 Å². The van der Waals surface area contributed by atoms with Crippen molar-refractivity contribution in [3.8, 4) is 0 Å². The van der Waals surface area contributed by atoms with Crippen molar-refractivity contribution in [3.63, 3.8) is 0 Å². The minimum absolute atomic E-state index is 0.118. The molecule has 0 aromatic carbocycles. The predicted molar refractivity (Wildman–Crippen MR) is 79.1 cm³/mol. The Labute approximate surface area is 118 Å². The summed E-state index contributed by atoms with van der Waals surface area (Å²) in [5.41, 5.74) is 5.59. The molecule has 0 aliphatic rings. The molecule has 0 amide bonds. The van der Waals surface area contributed by atoms with E-state index in [1.54, 1.807) is 0 Å². The molecule has 6 heteroatoms. The van der Waals surface area contributed by atoms with Crippen LogP contribution < -0.4 is 5.73 Å². The monoisotopic (exact) mass is 279 g/mol. The molecule has 0 fully saturated rings. The van der Waals surface area contributed by atoms with Crippen molar-refractivity contribution in [2.24, 2.45) is 5.73 Å². The first-order chi connectivity index (χ1) is 8.81. The van der Waals surface area contributed by atoms with Gasteiger partial charge in [-0.15, -0.1) is 0 Å². The Hall–Kier alpha value is -0.240. The molecule has 1 atom stereocenters. The minimum Gasteiger partial charge on any atom is -0.395 e. The highest BCUT2D eigenvalue weighted by Crippen LogP contribution is 2.08. The van der Waals surface area contributed by atoms with E-state index in [-0.39, 0.29) is 18.9 Å². The lowest BCUT2D eigenvalue weighted by molar-refractivity contribution is 0.0821. The van der Waals surface area contributed by atoms with Gasteiger partial charge in [-0.05, 0) is 34.5 Å². The van der Waals surface area contributed by atoms with Gasteiger partial charge < -0.3 is 25.6 Å². The third-order valence-corrected chi connectivity index (χ3v) is 2.94. The van der Waals surface area contributed by atoms with Gasteiger partial charge in [-0.25, -0.2) is 0 Å². The largest absolute Gasteiger partial charge is 0.395 e. The summed E-state index contributed by atoms with van der Waals surface area (Å²) in [6, 6.07) is 0. The summed E-state index contributed by atoms with van der Waals surface area (Å²) in [6.07, 6.45) is 0.892. The molecule has 1 unspecified atom stereocenters. The van der Waals surface area contributed by atoms with Crippen LogP contribution in [0.5, 0.6) is 0 Å². The molecule has 0 saturated carbocycles. The molecule has 4 N–H and O–H groups in total. The predicted octanol–water partition coefficient (Wildman–Crippen LogP) is -0.448. The van der Waals surface area contributed by atoms with E-state index in [1.165, 1.54) is 0 Å². The third kappa shape index (κ3) is 14.0. The van der Waals surface area contributed by atoms with Crippen molar-refractivity contribution >= 4 is 0 Å². The maximum Gasteiger partial charge on any atom is 0.0698 e. The first kappa shape index (κ1) is 21.1. The number of aliphatic hydroxyl groups is 2. The molecule has 0 spiro atoms. The summed E-state index contributed by atoms with van der Waals surface area (Å²) in [6.45, 7) is 7.00. The van der Waals surface area contributed by atoms with E-state index >= 15 is 0 Å². The summed E-state index contributed by atoms with van der Waals surface area (Å²) >= 11 is 0. The van der Waals surface area contributed by atoms with E-state index in [2.05, 4.69) is 0 Å². The first-order valence-corrected chi connectivity index (χ1v) is 6.76. The smallest absolute Gasteiger partial charge is 0.0698 e. The Morgan fingerprint density at radius 3 is 2.00 bits per heavy atom. The van der Waals surface area contributed by atoms with Crippen molar-refractivity contribution in [2.45, 2.75) is 25.9 Å². The first-order valence-electron chi connectivity index (χ1n) is 6.76. The molecule has 6 nitrogen and oxygen atoms in total. The van der Waals surface area contributed by atoms with Gasteiger partial charge >= 0.3 is 0 Å². The summed E-state index contributed by atoms with van der Waals surface area (Å²) in [5.74, 6) is 0. The van der Waals surface area contributed by atoms with E-state index in [0.717, 1.165) is 13.0 Å². The number of nitrogens with two attached hydrogens (primary N) is 1. The number of ether oxygens (including phenoxy) is 1. The number of nitrogens with zero attached hydrogens (tertiary/aromatic N) is 2. The molecular weight excluding hydrogens is 246 g/mol. The number of aliphatic hydroxyl groups excluding tert-OH is 2. The van der Waals surface area contributed by atoms with Crippen LogP contribution in [0.4, 0.5) is 0 Å². The molecule has 0 aromatic rings. The second kappa shape index (κ2) is 12.8. The van der Waals surface area contributed by atoms with E-state index in [1.807, 2.05) is 44.8 Å². The molecule has 0 saturated heterocycles. The number of likely N-dealkylation sites (N-methyl/N-ethyl adjacent to an activating group) is 2. The summed E-state index contributed by atoms with van der Waals surface area (Å²) in [5, 5.41) is 16.9. The minimum atomic E-state index is -0.275. The highest BCUT2D eigenvalue weighted by atomic mass is 16.5. The van der Waals surface area contributed by atoms with Gasteiger partial charge in [0.2, 0.25) is 0 Å². The van der Waals surface area contributed by atoms with Crippen molar-refractivity contribution in [2.75, 3.05) is 60.7 Å². The average molecular weight is 279 g/mol. The van der Waals surface area contributed by atoms with Gasteiger partial charge in [-0.3, -0.25) is 4.90 Å². The van der Waals surface area contributed by atoms with Gasteiger partial charge in [0.05, 0.1) is 32.1 Å². The zero-order chi connectivity index (χ0) is 15.3. The van der Waals surface area contributed by atoms with E-state index in [4.69, 9.17) is 20.7 Å². The maximum atomic E-state index is 8.60. The Bertz CT molecular complexity index is 190. The average Bonchev–Trinajstić information content (AvgIpc) is 2.35. The van der Waals surface area contributed by atoms with Crippen molar-refractivity contribution < 1.29 is 14.9 Å². The highest BCUT2D eigenvalue weighted by molar-refractivity contribution is 4.74. The Morgan fingerprint density at radius 2 is 1.63 bits per heavy atom. The number of rotatable bonds is 9. The fourth-order valence-corrected chi connectivity index (χ4v) is 1.09. The molecule has 19 heavy (non-hydrogen) atoms. The summed E-state index contributed by atoms with van der Waals surface area (Å²) in [4.78, 5) is 3.99. The fraction of sp³-hybridized carbons (Fsp3) is 1.00. The third-order valence-electron chi connectivity index (χ3n) is 2.94. The molecular formula is C13H33N3O3. The quantitative estimate of drug-likeness (QED) is 0.392. The topological polar surface area (TPSA) is 82.2 Å². The normalized spacial score (nSPS) is 14.2. The number of hydrogen-bond acceptors (Lipinski definition) is 6. The second-order valence-electron chi connectivity index (χ2n) is 5.00. The zero-order valence-corrected chi connectivity index (χ0v) is 13.2. The molecule has 0 aliphatic heterocycles. The van der Waals surface area contributed by atoms with Crippen LogP contribution in [0.2, 0.25) is 0 Å². The van der Waals surface area contributed by atoms with Crippen LogP contribution in [0.3, 0.4) is 0 Å². The molecule has 118 valence electrons. The van der Waals surface area contributed by atoms with Crippen molar-refractivity contribution in [3.05, 3.63) is 0 Å². The number of hydrogen-bond donors (Lipinski definition) is 3. The highest BCUT2D eigenvalue weighted by Gasteiger charge is 2.20. The van der Waals surface area contributed by atoms with Crippen LogP contribution >= 0.6 is 0 Å². The lowest BCUT2D eigenvalue weighted by atomic mass is 10.1. The fourth-order valence-electron chi connectivity index (χ4n) is 1.09.